The summed E-state index contributed by atoms with van der Waals surface area (Å²) in [5, 5.41) is 5.16. The summed E-state index contributed by atoms with van der Waals surface area (Å²) in [6.45, 7) is 0.355. The van der Waals surface area contributed by atoms with Crippen molar-refractivity contribution in [3.05, 3.63) is 126 Å². The van der Waals surface area contributed by atoms with Gasteiger partial charge in [0, 0.05) is 11.1 Å². The van der Waals surface area contributed by atoms with E-state index < -0.39 is 0 Å². The molecule has 0 N–H and O–H groups in total. The lowest BCUT2D eigenvalue weighted by Gasteiger charge is -2.15. The largest absolute Gasteiger partial charge is 0.497 e. The molecule has 0 aliphatic rings. The van der Waals surface area contributed by atoms with Crippen LogP contribution in [0.15, 0.2) is 115 Å². The number of nitrogens with zero attached hydrogens (tertiary/aromatic N) is 3. The van der Waals surface area contributed by atoms with Crippen molar-refractivity contribution in [1.29, 1.82) is 0 Å². The third-order valence-electron chi connectivity index (χ3n) is 6.38. The summed E-state index contributed by atoms with van der Waals surface area (Å²) in [5.41, 5.74) is 6.78. The fraction of sp³-hybridized carbons (Fsp3) is 0.0625. The minimum Gasteiger partial charge on any atom is -0.497 e. The lowest BCUT2D eigenvalue weighted by molar-refractivity contribution is 0.309. The van der Waals surface area contributed by atoms with Crippen LogP contribution >= 0.6 is 11.6 Å². The Morgan fingerprint density at radius 1 is 0.711 bits per heavy atom. The monoisotopic (exact) mass is 517 g/mol. The summed E-state index contributed by atoms with van der Waals surface area (Å²) >= 11 is 6.94. The van der Waals surface area contributed by atoms with Gasteiger partial charge in [-0.2, -0.15) is 5.10 Å². The number of fused-ring (bicyclic) bond motifs is 1. The molecule has 6 aromatic rings. The second-order valence-corrected chi connectivity index (χ2v) is 9.13. The normalized spacial score (nSPS) is 11.0. The van der Waals surface area contributed by atoms with Crippen LogP contribution in [0.1, 0.15) is 5.56 Å². The van der Waals surface area contributed by atoms with Gasteiger partial charge in [0.1, 0.15) is 18.1 Å². The second-order valence-electron chi connectivity index (χ2n) is 8.77. The summed E-state index contributed by atoms with van der Waals surface area (Å²) in [7, 11) is 1.64. The Morgan fingerprint density at radius 2 is 1.32 bits per heavy atom. The van der Waals surface area contributed by atoms with Crippen molar-refractivity contribution in [3.8, 4) is 45.1 Å². The molecule has 0 atom stereocenters. The van der Waals surface area contributed by atoms with E-state index >= 15 is 0 Å². The minimum absolute atomic E-state index is 0.319. The average Bonchev–Trinajstić information content (AvgIpc) is 3.36. The zero-order valence-electron chi connectivity index (χ0n) is 20.7. The first kappa shape index (κ1) is 23.8. The van der Waals surface area contributed by atoms with Gasteiger partial charge in [-0.15, -0.1) is 0 Å². The molecule has 0 radical (unpaired) electrons. The van der Waals surface area contributed by atoms with Crippen LogP contribution < -0.4 is 9.47 Å². The molecule has 0 aliphatic heterocycles. The van der Waals surface area contributed by atoms with E-state index in [1.807, 2.05) is 115 Å². The Balaban J connectivity index is 1.63. The first-order valence-electron chi connectivity index (χ1n) is 12.3. The zero-order valence-corrected chi connectivity index (χ0v) is 21.5. The number of methoxy groups -OCH3 is 1. The Hall–Kier alpha value is -4.61. The Kier molecular flexibility index (Phi) is 6.51. The van der Waals surface area contributed by atoms with Gasteiger partial charge >= 0.3 is 0 Å². The van der Waals surface area contributed by atoms with E-state index in [1.54, 1.807) is 11.6 Å². The van der Waals surface area contributed by atoms with Crippen LogP contribution in [0.2, 0.25) is 5.15 Å². The van der Waals surface area contributed by atoms with Crippen molar-refractivity contribution in [2.45, 2.75) is 6.61 Å². The van der Waals surface area contributed by atoms with Crippen LogP contribution in [-0.2, 0) is 6.61 Å². The van der Waals surface area contributed by atoms with Crippen molar-refractivity contribution in [2.24, 2.45) is 0 Å². The highest BCUT2D eigenvalue weighted by Crippen LogP contribution is 2.42. The molecule has 0 saturated carbocycles. The molecule has 0 spiro atoms. The van der Waals surface area contributed by atoms with Crippen molar-refractivity contribution >= 4 is 17.2 Å². The van der Waals surface area contributed by atoms with Crippen LogP contribution in [0.5, 0.6) is 11.5 Å². The summed E-state index contributed by atoms with van der Waals surface area (Å²) < 4.78 is 13.7. The molecule has 4 aromatic carbocycles. The summed E-state index contributed by atoms with van der Waals surface area (Å²) in [6, 6.07) is 37.9. The highest BCUT2D eigenvalue weighted by atomic mass is 35.5. The summed E-state index contributed by atoms with van der Waals surface area (Å²) in [4.78, 5) is 5.12. The van der Waals surface area contributed by atoms with Crippen molar-refractivity contribution < 1.29 is 9.47 Å². The van der Waals surface area contributed by atoms with Gasteiger partial charge in [-0.05, 0) is 23.3 Å². The number of imidazole rings is 1. The molecule has 5 nitrogen and oxygen atoms in total. The molecule has 0 bridgehead atoms. The summed E-state index contributed by atoms with van der Waals surface area (Å²) in [5.74, 6) is 1.32. The topological polar surface area (TPSA) is 48.7 Å². The maximum absolute atomic E-state index is 6.94. The van der Waals surface area contributed by atoms with E-state index in [2.05, 4.69) is 0 Å². The van der Waals surface area contributed by atoms with Crippen LogP contribution in [0.3, 0.4) is 0 Å². The maximum atomic E-state index is 6.94. The van der Waals surface area contributed by atoms with Gasteiger partial charge < -0.3 is 9.47 Å². The predicted molar refractivity (Wildman–Crippen MR) is 152 cm³/mol. The third-order valence-corrected chi connectivity index (χ3v) is 6.64. The molecule has 6 rings (SSSR count). The number of benzene rings is 4. The number of hydrogen-bond acceptors (Lipinski definition) is 4. The van der Waals surface area contributed by atoms with E-state index in [4.69, 9.17) is 31.2 Å². The Morgan fingerprint density at radius 3 is 1.95 bits per heavy atom. The highest BCUT2D eigenvalue weighted by molar-refractivity contribution is 6.32. The van der Waals surface area contributed by atoms with Gasteiger partial charge in [0.15, 0.2) is 16.5 Å². The molecule has 0 saturated heterocycles. The molecule has 0 unspecified atom stereocenters. The van der Waals surface area contributed by atoms with Crippen LogP contribution in [0.4, 0.5) is 0 Å². The van der Waals surface area contributed by atoms with Gasteiger partial charge in [-0.1, -0.05) is 115 Å². The number of aromatic nitrogens is 3. The van der Waals surface area contributed by atoms with Crippen LogP contribution in [-0.4, -0.2) is 21.7 Å². The quantitative estimate of drug-likeness (QED) is 0.215. The second kappa shape index (κ2) is 10.4. The van der Waals surface area contributed by atoms with Crippen molar-refractivity contribution in [3.63, 3.8) is 0 Å². The van der Waals surface area contributed by atoms with Gasteiger partial charge in [0.05, 0.1) is 18.4 Å². The summed E-state index contributed by atoms with van der Waals surface area (Å²) in [6.07, 6.45) is 0. The SMILES string of the molecule is COc1ccc(-c2c(Cl)nn3c(-c4ccccc4)c(-c4ccccc4)nc3c2OCc2ccccc2)cc1. The molecule has 0 fully saturated rings. The zero-order chi connectivity index (χ0) is 25.9. The Bertz CT molecular complexity index is 1680. The molecule has 2 heterocycles. The number of halogens is 1. The standard InChI is InChI=1S/C32H24ClN3O2/c1-37-26-19-17-23(18-20-26)27-30(38-21-22-11-5-2-6-12-22)32-34-28(24-13-7-3-8-14-24)29(36(32)35-31(27)33)25-15-9-4-10-16-25/h2-20H,21H2,1H3. The first-order chi connectivity index (χ1) is 18.7. The molecule has 0 aliphatic carbocycles. The number of hydrogen-bond donors (Lipinski definition) is 0. The minimum atomic E-state index is 0.319. The first-order valence-corrected chi connectivity index (χ1v) is 12.6. The molecule has 0 amide bonds. The molecule has 2 aromatic heterocycles. The number of rotatable bonds is 7. The third kappa shape index (κ3) is 4.49. The van der Waals surface area contributed by atoms with E-state index in [0.717, 1.165) is 39.4 Å². The molecular weight excluding hydrogens is 494 g/mol. The number of ether oxygens (including phenoxy) is 2. The maximum Gasteiger partial charge on any atom is 0.198 e. The smallest absolute Gasteiger partial charge is 0.198 e. The van der Waals surface area contributed by atoms with Gasteiger partial charge in [-0.25, -0.2) is 9.50 Å². The predicted octanol–water partition coefficient (Wildman–Crippen LogP) is 7.97. The van der Waals surface area contributed by atoms with Gasteiger partial charge in [0.25, 0.3) is 0 Å². The van der Waals surface area contributed by atoms with Crippen LogP contribution in [0, 0.1) is 0 Å². The molecule has 186 valence electrons. The molecule has 38 heavy (non-hydrogen) atoms. The van der Waals surface area contributed by atoms with Gasteiger partial charge in [-0.3, -0.25) is 0 Å². The highest BCUT2D eigenvalue weighted by Gasteiger charge is 2.25. The Labute approximate surface area is 225 Å². The van der Waals surface area contributed by atoms with E-state index in [-0.39, 0.29) is 0 Å². The van der Waals surface area contributed by atoms with E-state index in [0.29, 0.717) is 28.7 Å². The average molecular weight is 518 g/mol. The van der Waals surface area contributed by atoms with E-state index in [1.165, 1.54) is 0 Å². The fourth-order valence-corrected chi connectivity index (χ4v) is 4.80. The van der Waals surface area contributed by atoms with Crippen molar-refractivity contribution in [2.75, 3.05) is 7.11 Å². The molecular formula is C32H24ClN3O2. The van der Waals surface area contributed by atoms with E-state index in [9.17, 15) is 0 Å². The lowest BCUT2D eigenvalue weighted by atomic mass is 10.1. The fourth-order valence-electron chi connectivity index (χ4n) is 4.53. The molecule has 6 heteroatoms. The van der Waals surface area contributed by atoms with Crippen molar-refractivity contribution in [1.82, 2.24) is 14.6 Å². The van der Waals surface area contributed by atoms with Gasteiger partial charge in [0.2, 0.25) is 0 Å². The lowest BCUT2D eigenvalue weighted by Crippen LogP contribution is -2.04. The van der Waals surface area contributed by atoms with Crippen LogP contribution in [0.25, 0.3) is 39.3 Å².